The molecule has 0 spiro atoms. The van der Waals surface area contributed by atoms with E-state index in [2.05, 4.69) is 5.43 Å². The Labute approximate surface area is 241 Å². The van der Waals surface area contributed by atoms with Gasteiger partial charge in [0.2, 0.25) is 0 Å². The highest BCUT2D eigenvalue weighted by molar-refractivity contribution is 6.32. The lowest BCUT2D eigenvalue weighted by Crippen LogP contribution is -2.50. The zero-order chi connectivity index (χ0) is 30.2. The van der Waals surface area contributed by atoms with Crippen molar-refractivity contribution < 1.29 is 38.1 Å². The molecule has 0 aromatic heterocycles. The standard InChI is InChI=1S/C30H30ClFN2O7/c1-30(2,3)41-29(39)27(37)33-34(17-25(35)28(38)40-18-26(36)21-7-5-4-6-8-21)16-19-9-11-20(12-10-19)23-15-22(31)13-14-24(23)32/h4-15,25,35H,16-18H2,1-3H3,(H,33,37). The zero-order valence-corrected chi connectivity index (χ0v) is 23.5. The van der Waals surface area contributed by atoms with E-state index >= 15 is 0 Å². The lowest BCUT2D eigenvalue weighted by molar-refractivity contribution is -0.166. The van der Waals surface area contributed by atoms with E-state index in [-0.39, 0.29) is 6.54 Å². The first-order valence-corrected chi connectivity index (χ1v) is 13.0. The van der Waals surface area contributed by atoms with Crippen molar-refractivity contribution in [2.75, 3.05) is 13.2 Å². The molecular formula is C30H30ClFN2O7. The summed E-state index contributed by atoms with van der Waals surface area (Å²) in [5.74, 6) is -4.31. The molecule has 0 fully saturated rings. The number of rotatable bonds is 10. The topological polar surface area (TPSA) is 122 Å². The molecule has 0 aliphatic carbocycles. The fraction of sp³-hybridized carbons (Fsp3) is 0.267. The number of carbonyl (C=O) groups is 4. The van der Waals surface area contributed by atoms with Gasteiger partial charge in [0.15, 0.2) is 18.5 Å². The molecule has 0 aliphatic heterocycles. The number of hydrazine groups is 1. The maximum atomic E-state index is 14.3. The Morgan fingerprint density at radius 3 is 2.29 bits per heavy atom. The van der Waals surface area contributed by atoms with Gasteiger partial charge >= 0.3 is 17.8 Å². The molecule has 3 aromatic rings. The summed E-state index contributed by atoms with van der Waals surface area (Å²) in [5.41, 5.74) is 3.16. The first-order valence-electron chi connectivity index (χ1n) is 12.6. The third-order valence-corrected chi connectivity index (χ3v) is 5.75. The van der Waals surface area contributed by atoms with E-state index in [1.807, 2.05) is 0 Å². The van der Waals surface area contributed by atoms with Crippen molar-refractivity contribution in [1.82, 2.24) is 10.4 Å². The molecule has 3 aromatic carbocycles. The number of benzene rings is 3. The predicted molar refractivity (Wildman–Crippen MR) is 149 cm³/mol. The minimum absolute atomic E-state index is 0.0693. The summed E-state index contributed by atoms with van der Waals surface area (Å²) in [5, 5.41) is 12.0. The van der Waals surface area contributed by atoms with Gasteiger partial charge in [-0.15, -0.1) is 0 Å². The molecule has 216 valence electrons. The van der Waals surface area contributed by atoms with Crippen LogP contribution in [0.1, 0.15) is 36.7 Å². The van der Waals surface area contributed by atoms with Gasteiger partial charge in [-0.2, -0.15) is 0 Å². The molecular weight excluding hydrogens is 555 g/mol. The average molecular weight is 585 g/mol. The number of halogens is 2. The van der Waals surface area contributed by atoms with Crippen molar-refractivity contribution in [3.05, 3.63) is 94.8 Å². The summed E-state index contributed by atoms with van der Waals surface area (Å²) in [6.45, 7) is 3.63. The van der Waals surface area contributed by atoms with Gasteiger partial charge in [0.05, 0.1) is 6.54 Å². The molecule has 1 unspecified atom stereocenters. The summed E-state index contributed by atoms with van der Waals surface area (Å²) in [6, 6.07) is 18.9. The smallest absolute Gasteiger partial charge is 0.398 e. The molecule has 0 saturated heterocycles. The summed E-state index contributed by atoms with van der Waals surface area (Å²) >= 11 is 5.99. The lowest BCUT2D eigenvalue weighted by Gasteiger charge is -2.26. The quantitative estimate of drug-likeness (QED) is 0.158. The molecule has 0 heterocycles. The summed E-state index contributed by atoms with van der Waals surface area (Å²) in [7, 11) is 0. The molecule has 3 rings (SSSR count). The number of amides is 1. The summed E-state index contributed by atoms with van der Waals surface area (Å²) in [4.78, 5) is 49.4. The first-order chi connectivity index (χ1) is 19.3. The second-order valence-electron chi connectivity index (χ2n) is 10.1. The average Bonchev–Trinajstić information content (AvgIpc) is 2.92. The van der Waals surface area contributed by atoms with Crippen LogP contribution in [0.2, 0.25) is 5.02 Å². The summed E-state index contributed by atoms with van der Waals surface area (Å²) in [6.07, 6.45) is -1.78. The molecule has 0 radical (unpaired) electrons. The molecule has 11 heteroatoms. The van der Waals surface area contributed by atoms with Gasteiger partial charge < -0.3 is 14.6 Å². The molecule has 0 saturated carbocycles. The van der Waals surface area contributed by atoms with Crippen molar-refractivity contribution in [2.24, 2.45) is 0 Å². The van der Waals surface area contributed by atoms with Gasteiger partial charge in [-0.05, 0) is 50.1 Å². The maximum Gasteiger partial charge on any atom is 0.398 e. The molecule has 0 bridgehead atoms. The Bertz CT molecular complexity index is 1390. The van der Waals surface area contributed by atoms with Crippen molar-refractivity contribution in [3.63, 3.8) is 0 Å². The fourth-order valence-corrected chi connectivity index (χ4v) is 3.79. The van der Waals surface area contributed by atoms with Crippen molar-refractivity contribution in [3.8, 4) is 11.1 Å². The molecule has 0 aliphatic rings. The monoisotopic (exact) mass is 584 g/mol. The van der Waals surface area contributed by atoms with Crippen LogP contribution < -0.4 is 5.43 Å². The predicted octanol–water partition coefficient (Wildman–Crippen LogP) is 4.11. The van der Waals surface area contributed by atoms with Crippen LogP contribution in [-0.4, -0.2) is 58.6 Å². The normalized spacial score (nSPS) is 12.0. The minimum atomic E-state index is -1.78. The highest BCUT2D eigenvalue weighted by atomic mass is 35.5. The number of hydrogen-bond donors (Lipinski definition) is 2. The van der Waals surface area contributed by atoms with Crippen LogP contribution in [0.25, 0.3) is 11.1 Å². The van der Waals surface area contributed by atoms with E-state index in [4.69, 9.17) is 21.1 Å². The van der Waals surface area contributed by atoms with Crippen molar-refractivity contribution >= 4 is 35.2 Å². The molecule has 2 N–H and O–H groups in total. The third kappa shape index (κ3) is 9.78. The number of Topliss-reactive ketones (excluding diaryl/α,β-unsaturated/α-hetero) is 1. The number of nitrogens with one attached hydrogen (secondary N) is 1. The Balaban J connectivity index is 1.71. The largest absolute Gasteiger partial charge is 0.455 e. The van der Waals surface area contributed by atoms with E-state index in [0.717, 1.165) is 5.01 Å². The van der Waals surface area contributed by atoms with Crippen LogP contribution in [0.15, 0.2) is 72.8 Å². The van der Waals surface area contributed by atoms with Gasteiger partial charge in [0.1, 0.15) is 11.4 Å². The number of carbonyl (C=O) groups excluding carboxylic acids is 4. The Morgan fingerprint density at radius 2 is 1.66 bits per heavy atom. The molecule has 9 nitrogen and oxygen atoms in total. The number of ether oxygens (including phenoxy) is 2. The van der Waals surface area contributed by atoms with Crippen LogP contribution in [0, 0.1) is 5.82 Å². The van der Waals surface area contributed by atoms with E-state index in [1.54, 1.807) is 75.4 Å². The van der Waals surface area contributed by atoms with Gasteiger partial charge in [-0.3, -0.25) is 15.0 Å². The minimum Gasteiger partial charge on any atom is -0.455 e. The highest BCUT2D eigenvalue weighted by Crippen LogP contribution is 2.26. The second-order valence-corrected chi connectivity index (χ2v) is 10.5. The van der Waals surface area contributed by atoms with Gasteiger partial charge in [-0.25, -0.2) is 19.0 Å². The molecule has 1 amide bonds. The Morgan fingerprint density at radius 1 is 1.00 bits per heavy atom. The summed E-state index contributed by atoms with van der Waals surface area (Å²) < 4.78 is 24.3. The van der Waals surface area contributed by atoms with E-state index in [9.17, 15) is 28.7 Å². The van der Waals surface area contributed by atoms with Crippen LogP contribution in [0.5, 0.6) is 0 Å². The number of aliphatic hydroxyl groups is 1. The molecule has 41 heavy (non-hydrogen) atoms. The van der Waals surface area contributed by atoms with E-state index in [0.29, 0.717) is 27.3 Å². The van der Waals surface area contributed by atoms with Gasteiger partial charge in [-0.1, -0.05) is 66.2 Å². The SMILES string of the molecule is CC(C)(C)OC(=O)C(=O)NN(Cc1ccc(-c2cc(Cl)ccc2F)cc1)CC(O)C(=O)OCC(=O)c1ccccc1. The van der Waals surface area contributed by atoms with Crippen LogP contribution in [0.4, 0.5) is 4.39 Å². The Hall–Kier alpha value is -4.12. The number of aliphatic hydroxyl groups excluding tert-OH is 1. The van der Waals surface area contributed by atoms with Crippen molar-refractivity contribution in [1.29, 1.82) is 0 Å². The first kappa shape index (κ1) is 31.4. The van der Waals surface area contributed by atoms with E-state index in [1.165, 1.54) is 18.2 Å². The number of esters is 2. The lowest BCUT2D eigenvalue weighted by atomic mass is 10.0. The number of ketones is 1. The molecule has 1 atom stereocenters. The Kier molecular flexibility index (Phi) is 10.7. The van der Waals surface area contributed by atoms with Crippen molar-refractivity contribution in [2.45, 2.75) is 39.0 Å². The van der Waals surface area contributed by atoms with Crippen LogP contribution in [-0.2, 0) is 30.4 Å². The maximum absolute atomic E-state index is 14.3. The third-order valence-electron chi connectivity index (χ3n) is 5.52. The van der Waals surface area contributed by atoms with Gasteiger partial charge in [0.25, 0.3) is 0 Å². The van der Waals surface area contributed by atoms with Crippen LogP contribution in [0.3, 0.4) is 0 Å². The second kappa shape index (κ2) is 14.0. The number of hydrogen-bond acceptors (Lipinski definition) is 8. The zero-order valence-electron chi connectivity index (χ0n) is 22.7. The van der Waals surface area contributed by atoms with Gasteiger partial charge in [0, 0.05) is 22.7 Å². The van der Waals surface area contributed by atoms with Crippen LogP contribution >= 0.6 is 11.6 Å². The number of nitrogens with zero attached hydrogens (tertiary/aromatic N) is 1. The highest BCUT2D eigenvalue weighted by Gasteiger charge is 2.27. The fourth-order valence-electron chi connectivity index (χ4n) is 3.62. The van der Waals surface area contributed by atoms with E-state index < -0.39 is 54.3 Å².